The molecule has 0 N–H and O–H groups in total. The summed E-state index contributed by atoms with van der Waals surface area (Å²) >= 11 is 0. The first-order valence-electron chi connectivity index (χ1n) is 5.65. The summed E-state index contributed by atoms with van der Waals surface area (Å²) in [6.45, 7) is 1.72. The van der Waals surface area contributed by atoms with Crippen molar-refractivity contribution >= 4 is 17.4 Å². The van der Waals surface area contributed by atoms with Crippen molar-refractivity contribution in [1.82, 2.24) is 5.16 Å². The lowest BCUT2D eigenvalue weighted by Gasteiger charge is -2.14. The predicted octanol–water partition coefficient (Wildman–Crippen LogP) is 1.85. The number of anilines is 1. The summed E-state index contributed by atoms with van der Waals surface area (Å²) in [5.74, 6) is -1.66. The van der Waals surface area contributed by atoms with Gasteiger partial charge in [0.15, 0.2) is 5.76 Å². The van der Waals surface area contributed by atoms with Crippen LogP contribution in [0.2, 0.25) is 0 Å². The highest BCUT2D eigenvalue weighted by Gasteiger charge is 2.38. The Labute approximate surface area is 107 Å². The van der Waals surface area contributed by atoms with Gasteiger partial charge in [-0.05, 0) is 19.1 Å². The van der Waals surface area contributed by atoms with E-state index in [9.17, 15) is 14.0 Å². The zero-order valence-corrected chi connectivity index (χ0v) is 10.0. The Morgan fingerprint density at radius 2 is 2.16 bits per heavy atom. The van der Waals surface area contributed by atoms with E-state index in [1.54, 1.807) is 13.0 Å². The van der Waals surface area contributed by atoms with Gasteiger partial charge in [0.1, 0.15) is 5.82 Å². The number of amides is 1. The molecule has 1 aromatic heterocycles. The van der Waals surface area contributed by atoms with Gasteiger partial charge in [-0.15, -0.1) is 0 Å². The van der Waals surface area contributed by atoms with Gasteiger partial charge in [0.2, 0.25) is 0 Å². The zero-order chi connectivity index (χ0) is 13.6. The lowest BCUT2D eigenvalue weighted by molar-refractivity contribution is -0.114. The van der Waals surface area contributed by atoms with E-state index in [2.05, 4.69) is 5.16 Å². The molecule has 2 heterocycles. The summed E-state index contributed by atoms with van der Waals surface area (Å²) in [4.78, 5) is 24.7. The molecule has 0 saturated heterocycles. The van der Waals surface area contributed by atoms with Crippen molar-refractivity contribution in [3.63, 3.8) is 0 Å². The van der Waals surface area contributed by atoms with Gasteiger partial charge in [-0.3, -0.25) is 14.5 Å². The SMILES string of the molecule is Cc1cc(CN2C(=O)C(=O)c3cccc(F)c32)on1. The fourth-order valence-electron chi connectivity index (χ4n) is 2.11. The fourth-order valence-corrected chi connectivity index (χ4v) is 2.11. The highest BCUT2D eigenvalue weighted by Crippen LogP contribution is 2.32. The zero-order valence-electron chi connectivity index (χ0n) is 10.0. The first-order valence-corrected chi connectivity index (χ1v) is 5.65. The van der Waals surface area contributed by atoms with Crippen molar-refractivity contribution in [2.24, 2.45) is 0 Å². The summed E-state index contributed by atoms with van der Waals surface area (Å²) in [5.41, 5.74) is 0.745. The first-order chi connectivity index (χ1) is 9.08. The van der Waals surface area contributed by atoms with Gasteiger partial charge >= 0.3 is 0 Å². The van der Waals surface area contributed by atoms with Crippen LogP contribution in [0.25, 0.3) is 0 Å². The number of hydrogen-bond acceptors (Lipinski definition) is 4. The van der Waals surface area contributed by atoms with Crippen molar-refractivity contribution in [2.75, 3.05) is 4.90 Å². The second-order valence-electron chi connectivity index (χ2n) is 4.29. The minimum atomic E-state index is -0.755. The van der Waals surface area contributed by atoms with E-state index in [0.29, 0.717) is 11.5 Å². The van der Waals surface area contributed by atoms with Crippen LogP contribution < -0.4 is 4.90 Å². The molecule has 1 aliphatic rings. The van der Waals surface area contributed by atoms with Crippen molar-refractivity contribution in [2.45, 2.75) is 13.5 Å². The number of hydrogen-bond donors (Lipinski definition) is 0. The first kappa shape index (κ1) is 11.6. The van der Waals surface area contributed by atoms with E-state index in [1.165, 1.54) is 18.2 Å². The molecular weight excluding hydrogens is 251 g/mol. The number of para-hydroxylation sites is 1. The van der Waals surface area contributed by atoms with Crippen LogP contribution in [0, 0.1) is 12.7 Å². The number of ketones is 1. The van der Waals surface area contributed by atoms with Crippen LogP contribution in [0.15, 0.2) is 28.8 Å². The topological polar surface area (TPSA) is 63.4 Å². The molecule has 1 aliphatic heterocycles. The Morgan fingerprint density at radius 3 is 2.84 bits per heavy atom. The number of nitrogens with zero attached hydrogens (tertiary/aromatic N) is 2. The van der Waals surface area contributed by atoms with Crippen LogP contribution in [0.4, 0.5) is 10.1 Å². The van der Waals surface area contributed by atoms with Gasteiger partial charge in [-0.25, -0.2) is 4.39 Å². The van der Waals surface area contributed by atoms with Gasteiger partial charge < -0.3 is 4.52 Å². The van der Waals surface area contributed by atoms with Crippen molar-refractivity contribution in [3.8, 4) is 0 Å². The molecule has 0 spiro atoms. The van der Waals surface area contributed by atoms with Crippen LogP contribution in [-0.2, 0) is 11.3 Å². The largest absolute Gasteiger partial charge is 0.359 e. The third-order valence-corrected chi connectivity index (χ3v) is 2.93. The van der Waals surface area contributed by atoms with Gasteiger partial charge in [0, 0.05) is 6.07 Å². The van der Waals surface area contributed by atoms with Gasteiger partial charge in [0.25, 0.3) is 11.7 Å². The summed E-state index contributed by atoms with van der Waals surface area (Å²) < 4.78 is 18.8. The summed E-state index contributed by atoms with van der Waals surface area (Å²) in [7, 11) is 0. The molecule has 0 fully saturated rings. The molecule has 0 atom stereocenters. The predicted molar refractivity (Wildman–Crippen MR) is 63.2 cm³/mol. The average molecular weight is 260 g/mol. The lowest BCUT2D eigenvalue weighted by atomic mass is 10.1. The number of halogens is 1. The van der Waals surface area contributed by atoms with E-state index < -0.39 is 17.5 Å². The maximum absolute atomic E-state index is 13.8. The van der Waals surface area contributed by atoms with Crippen LogP contribution in [0.3, 0.4) is 0 Å². The molecule has 0 saturated carbocycles. The molecule has 1 aromatic carbocycles. The molecule has 0 aliphatic carbocycles. The molecule has 0 radical (unpaired) electrons. The van der Waals surface area contributed by atoms with E-state index in [4.69, 9.17) is 4.52 Å². The summed E-state index contributed by atoms with van der Waals surface area (Å²) in [6, 6.07) is 5.69. The Balaban J connectivity index is 2.04. The van der Waals surface area contributed by atoms with Crippen LogP contribution in [0.1, 0.15) is 21.8 Å². The minimum Gasteiger partial charge on any atom is -0.359 e. The fraction of sp³-hybridized carbons (Fsp3) is 0.154. The van der Waals surface area contributed by atoms with Crippen LogP contribution >= 0.6 is 0 Å². The Kier molecular flexibility index (Phi) is 2.45. The molecule has 6 heteroatoms. The number of carbonyl (C=O) groups is 2. The highest BCUT2D eigenvalue weighted by molar-refractivity contribution is 6.52. The van der Waals surface area contributed by atoms with Crippen molar-refractivity contribution in [3.05, 3.63) is 47.1 Å². The number of fused-ring (bicyclic) bond motifs is 1. The van der Waals surface area contributed by atoms with Crippen LogP contribution in [-0.4, -0.2) is 16.8 Å². The molecule has 0 bridgehead atoms. The summed E-state index contributed by atoms with van der Waals surface area (Å²) in [5, 5.41) is 3.69. The maximum atomic E-state index is 13.8. The number of aromatic nitrogens is 1. The van der Waals surface area contributed by atoms with E-state index >= 15 is 0 Å². The van der Waals surface area contributed by atoms with Gasteiger partial charge in [-0.2, -0.15) is 0 Å². The Morgan fingerprint density at radius 1 is 1.37 bits per heavy atom. The highest BCUT2D eigenvalue weighted by atomic mass is 19.1. The number of carbonyl (C=O) groups excluding carboxylic acids is 2. The number of rotatable bonds is 2. The van der Waals surface area contributed by atoms with Crippen molar-refractivity contribution in [1.29, 1.82) is 0 Å². The quantitative estimate of drug-likeness (QED) is 0.773. The van der Waals surface area contributed by atoms with Crippen LogP contribution in [0.5, 0.6) is 0 Å². The van der Waals surface area contributed by atoms with E-state index in [0.717, 1.165) is 4.90 Å². The van der Waals surface area contributed by atoms with E-state index in [-0.39, 0.29) is 17.8 Å². The van der Waals surface area contributed by atoms with Crippen molar-refractivity contribution < 1.29 is 18.5 Å². The summed E-state index contributed by atoms with van der Waals surface area (Å²) in [6.07, 6.45) is 0. The third kappa shape index (κ3) is 1.72. The number of Topliss-reactive ketones (excluding diaryl/α,β-unsaturated/α-hetero) is 1. The average Bonchev–Trinajstić information content (AvgIpc) is 2.89. The monoisotopic (exact) mass is 260 g/mol. The molecule has 19 heavy (non-hydrogen) atoms. The lowest BCUT2D eigenvalue weighted by Crippen LogP contribution is -2.29. The standard InChI is InChI=1S/C13H9FN2O3/c1-7-5-8(19-15-7)6-16-11-9(12(17)13(16)18)3-2-4-10(11)14/h2-5H,6H2,1H3. The maximum Gasteiger partial charge on any atom is 0.299 e. The second kappa shape index (κ2) is 4.01. The molecule has 2 aromatic rings. The molecule has 96 valence electrons. The molecule has 3 rings (SSSR count). The Bertz CT molecular complexity index is 693. The smallest absolute Gasteiger partial charge is 0.299 e. The van der Waals surface area contributed by atoms with Gasteiger partial charge in [-0.1, -0.05) is 11.2 Å². The Hall–Kier alpha value is -2.50. The van der Waals surface area contributed by atoms with E-state index in [1.807, 2.05) is 0 Å². The normalized spacial score (nSPS) is 14.1. The molecular formula is C13H9FN2O3. The number of aryl methyl sites for hydroxylation is 1. The van der Waals surface area contributed by atoms with Gasteiger partial charge in [0.05, 0.1) is 23.5 Å². The third-order valence-electron chi connectivity index (χ3n) is 2.93. The number of benzene rings is 1. The molecule has 0 unspecified atom stereocenters. The second-order valence-corrected chi connectivity index (χ2v) is 4.29. The molecule has 5 nitrogen and oxygen atoms in total. The molecule has 1 amide bonds. The minimum absolute atomic E-state index is 0.00607.